The van der Waals surface area contributed by atoms with E-state index in [1.54, 1.807) is 0 Å². The summed E-state index contributed by atoms with van der Waals surface area (Å²) in [5.74, 6) is 0.147. The molecule has 0 saturated heterocycles. The summed E-state index contributed by atoms with van der Waals surface area (Å²) in [6.07, 6.45) is 1.30. The minimum Gasteiger partial charge on any atom is -0.298 e. The predicted octanol–water partition coefficient (Wildman–Crippen LogP) is 1.98. The van der Waals surface area contributed by atoms with E-state index in [0.29, 0.717) is 6.42 Å². The lowest BCUT2D eigenvalue weighted by Crippen LogP contribution is -2.10. The van der Waals surface area contributed by atoms with Gasteiger partial charge in [0.15, 0.2) is 0 Å². The van der Waals surface area contributed by atoms with Crippen LogP contribution in [-0.4, -0.2) is 11.2 Å². The molecule has 0 aromatic heterocycles. The highest BCUT2D eigenvalue weighted by molar-refractivity contribution is 6.31. The lowest BCUT2D eigenvalue weighted by molar-refractivity contribution is -0.118. The Bertz CT molecular complexity index is 80.6. The molecule has 2 heteroatoms. The first-order valence-electron chi connectivity index (χ1n) is 2.89. The molecule has 0 amide bonds. The molecule has 1 unspecified atom stereocenters. The van der Waals surface area contributed by atoms with Crippen LogP contribution in [0, 0.1) is 0 Å². The van der Waals surface area contributed by atoms with E-state index in [1.165, 1.54) is 0 Å². The zero-order valence-electron chi connectivity index (χ0n) is 5.28. The van der Waals surface area contributed by atoms with Crippen molar-refractivity contribution in [3.63, 3.8) is 0 Å². The van der Waals surface area contributed by atoms with Crippen LogP contribution in [0.1, 0.15) is 26.7 Å². The Kier molecular flexibility index (Phi) is 3.88. The third-order valence-electron chi connectivity index (χ3n) is 1.06. The van der Waals surface area contributed by atoms with E-state index in [9.17, 15) is 4.79 Å². The van der Waals surface area contributed by atoms with E-state index in [-0.39, 0.29) is 11.2 Å². The molecular weight excluding hydrogens is 124 g/mol. The highest BCUT2D eigenvalue weighted by Crippen LogP contribution is 2.03. The van der Waals surface area contributed by atoms with Gasteiger partial charge in [0.25, 0.3) is 0 Å². The average molecular weight is 135 g/mol. The van der Waals surface area contributed by atoms with Crippen molar-refractivity contribution in [3.05, 3.63) is 0 Å². The van der Waals surface area contributed by atoms with Gasteiger partial charge >= 0.3 is 0 Å². The SMILES string of the molecule is CCC(=O)C(Cl)CC. The molecule has 0 aromatic carbocycles. The summed E-state index contributed by atoms with van der Waals surface area (Å²) in [5.41, 5.74) is 0. The van der Waals surface area contributed by atoms with Gasteiger partial charge < -0.3 is 0 Å². The summed E-state index contributed by atoms with van der Waals surface area (Å²) < 4.78 is 0. The van der Waals surface area contributed by atoms with Gasteiger partial charge in [-0.15, -0.1) is 11.6 Å². The molecule has 1 atom stereocenters. The molecular formula is C6H11ClO. The zero-order valence-corrected chi connectivity index (χ0v) is 6.03. The van der Waals surface area contributed by atoms with E-state index >= 15 is 0 Å². The van der Waals surface area contributed by atoms with Gasteiger partial charge in [-0.1, -0.05) is 13.8 Å². The number of halogens is 1. The van der Waals surface area contributed by atoms with E-state index < -0.39 is 0 Å². The predicted molar refractivity (Wildman–Crippen MR) is 35.2 cm³/mol. The second-order valence-corrected chi connectivity index (χ2v) is 2.22. The van der Waals surface area contributed by atoms with E-state index in [2.05, 4.69) is 0 Å². The van der Waals surface area contributed by atoms with Crippen molar-refractivity contribution in [1.82, 2.24) is 0 Å². The van der Waals surface area contributed by atoms with Crippen LogP contribution in [0.2, 0.25) is 0 Å². The molecule has 0 rings (SSSR count). The van der Waals surface area contributed by atoms with Crippen molar-refractivity contribution in [2.75, 3.05) is 0 Å². The lowest BCUT2D eigenvalue weighted by Gasteiger charge is -1.99. The smallest absolute Gasteiger partial charge is 0.150 e. The molecule has 0 aromatic rings. The van der Waals surface area contributed by atoms with Gasteiger partial charge in [0.2, 0.25) is 0 Å². The van der Waals surface area contributed by atoms with Gasteiger partial charge in [-0.25, -0.2) is 0 Å². The standard InChI is InChI=1S/C6H11ClO/c1-3-5(7)6(8)4-2/h5H,3-4H2,1-2H3. The molecule has 8 heavy (non-hydrogen) atoms. The number of alkyl halides is 1. The fourth-order valence-electron chi connectivity index (χ4n) is 0.449. The number of ketones is 1. The third kappa shape index (κ3) is 2.31. The number of carbonyl (C=O) groups is 1. The summed E-state index contributed by atoms with van der Waals surface area (Å²) in [6.45, 7) is 3.73. The van der Waals surface area contributed by atoms with Crippen LogP contribution in [-0.2, 0) is 4.79 Å². The molecule has 0 saturated carbocycles. The van der Waals surface area contributed by atoms with Crippen molar-refractivity contribution < 1.29 is 4.79 Å². The minimum atomic E-state index is -0.250. The van der Waals surface area contributed by atoms with Crippen molar-refractivity contribution in [2.45, 2.75) is 32.1 Å². The van der Waals surface area contributed by atoms with Gasteiger partial charge in [0.05, 0.1) is 5.38 Å². The van der Waals surface area contributed by atoms with E-state index in [1.807, 2.05) is 13.8 Å². The van der Waals surface area contributed by atoms with Gasteiger partial charge in [0.1, 0.15) is 5.78 Å². The zero-order chi connectivity index (χ0) is 6.57. The summed E-state index contributed by atoms with van der Waals surface area (Å²) in [6, 6.07) is 0. The number of hydrogen-bond donors (Lipinski definition) is 0. The van der Waals surface area contributed by atoms with Crippen molar-refractivity contribution in [3.8, 4) is 0 Å². The summed E-state index contributed by atoms with van der Waals surface area (Å²) in [5, 5.41) is -0.250. The second-order valence-electron chi connectivity index (χ2n) is 1.70. The van der Waals surface area contributed by atoms with Crippen molar-refractivity contribution in [1.29, 1.82) is 0 Å². The first kappa shape index (κ1) is 7.96. The van der Waals surface area contributed by atoms with Crippen LogP contribution in [0.5, 0.6) is 0 Å². The molecule has 0 aliphatic rings. The fourth-order valence-corrected chi connectivity index (χ4v) is 0.603. The first-order valence-corrected chi connectivity index (χ1v) is 3.32. The maximum atomic E-state index is 10.6. The lowest BCUT2D eigenvalue weighted by atomic mass is 10.2. The molecule has 0 aliphatic heterocycles. The van der Waals surface area contributed by atoms with Crippen molar-refractivity contribution in [2.24, 2.45) is 0 Å². The van der Waals surface area contributed by atoms with E-state index in [4.69, 9.17) is 11.6 Å². The highest BCUT2D eigenvalue weighted by Gasteiger charge is 2.08. The van der Waals surface area contributed by atoms with Gasteiger partial charge in [0, 0.05) is 6.42 Å². The van der Waals surface area contributed by atoms with Gasteiger partial charge in [-0.2, -0.15) is 0 Å². The maximum absolute atomic E-state index is 10.6. The summed E-state index contributed by atoms with van der Waals surface area (Å²) in [4.78, 5) is 10.6. The molecule has 0 radical (unpaired) electrons. The fraction of sp³-hybridized carbons (Fsp3) is 0.833. The van der Waals surface area contributed by atoms with Crippen LogP contribution >= 0.6 is 11.6 Å². The Labute approximate surface area is 55.0 Å². The maximum Gasteiger partial charge on any atom is 0.150 e. The van der Waals surface area contributed by atoms with Crippen LogP contribution in [0.15, 0.2) is 0 Å². The Hall–Kier alpha value is -0.0400. The van der Waals surface area contributed by atoms with Crippen molar-refractivity contribution >= 4 is 17.4 Å². The molecule has 48 valence electrons. The van der Waals surface area contributed by atoms with E-state index in [0.717, 1.165) is 6.42 Å². The molecule has 0 spiro atoms. The largest absolute Gasteiger partial charge is 0.298 e. The number of hydrogen-bond acceptors (Lipinski definition) is 1. The van der Waals surface area contributed by atoms with Crippen LogP contribution in [0.4, 0.5) is 0 Å². The van der Waals surface area contributed by atoms with Gasteiger partial charge in [-0.3, -0.25) is 4.79 Å². The summed E-state index contributed by atoms with van der Waals surface area (Å²) >= 11 is 5.57. The van der Waals surface area contributed by atoms with Crippen LogP contribution < -0.4 is 0 Å². The molecule has 0 bridgehead atoms. The van der Waals surface area contributed by atoms with Crippen LogP contribution in [0.25, 0.3) is 0 Å². The van der Waals surface area contributed by atoms with Gasteiger partial charge in [-0.05, 0) is 6.42 Å². The quantitative estimate of drug-likeness (QED) is 0.540. The monoisotopic (exact) mass is 134 g/mol. The average Bonchev–Trinajstić information content (AvgIpc) is 1.84. The Balaban J connectivity index is 3.46. The molecule has 0 heterocycles. The third-order valence-corrected chi connectivity index (χ3v) is 1.61. The number of rotatable bonds is 3. The first-order chi connectivity index (χ1) is 3.72. The number of carbonyl (C=O) groups excluding carboxylic acids is 1. The Morgan fingerprint density at radius 1 is 1.62 bits per heavy atom. The molecule has 0 N–H and O–H groups in total. The molecule has 0 aliphatic carbocycles. The van der Waals surface area contributed by atoms with Crippen LogP contribution in [0.3, 0.4) is 0 Å². The topological polar surface area (TPSA) is 17.1 Å². The highest BCUT2D eigenvalue weighted by atomic mass is 35.5. The normalized spacial score (nSPS) is 13.4. The second kappa shape index (κ2) is 3.90. The molecule has 1 nitrogen and oxygen atoms in total. The minimum absolute atomic E-state index is 0.147. The summed E-state index contributed by atoms with van der Waals surface area (Å²) in [7, 11) is 0. The molecule has 0 fully saturated rings. The Morgan fingerprint density at radius 2 is 2.12 bits per heavy atom. The Morgan fingerprint density at radius 3 is 2.25 bits per heavy atom. The number of Topliss-reactive ketones (excluding diaryl/α,β-unsaturated/α-hetero) is 1.